The number of esters is 7. The summed E-state index contributed by atoms with van der Waals surface area (Å²) in [6, 6.07) is -0.893. The van der Waals surface area contributed by atoms with Gasteiger partial charge in [0.25, 0.3) is 0 Å². The summed E-state index contributed by atoms with van der Waals surface area (Å²) in [7, 11) is 0. The fraction of sp³-hybridized carbons (Fsp3) is 0.758. The standard InChI is InChI=1S/C66H102N4O14/c1-16-31-78-50(71)26-23-44-48-39-49-62(10,11)45(24-27-51(72)79-32-17-2)57(68-49)42(8)59-63(12,30-29-53(74)81-34-19-4)47(38-54(75)82-35-20-5)61(69-59)66(15)65(14,41-56(77)84-37-22-7)46(25-28-52(73)80-33-18-3)58(70-66)43(9)60(67-48)64(44,13)40-55(76)83-36-21-6/h39,44-47,61,67H,16-38,40-41H2,1-15H3. The van der Waals surface area contributed by atoms with Gasteiger partial charge in [-0.05, 0) is 109 Å². The van der Waals surface area contributed by atoms with Crippen LogP contribution in [-0.2, 0) is 66.7 Å². The second kappa shape index (κ2) is 30.6. The molecule has 5 heterocycles. The molecule has 0 aliphatic carbocycles. The number of hydrogen-bond acceptors (Lipinski definition) is 18. The van der Waals surface area contributed by atoms with Crippen LogP contribution < -0.4 is 5.32 Å². The quantitative estimate of drug-likeness (QED) is 0.0487. The van der Waals surface area contributed by atoms with Crippen LogP contribution in [0.25, 0.3) is 0 Å². The molecule has 9 atom stereocenters. The van der Waals surface area contributed by atoms with E-state index in [2.05, 4.69) is 19.2 Å². The number of rotatable bonds is 32. The Kier molecular flexibility index (Phi) is 25.2. The molecule has 5 aliphatic heterocycles. The first kappa shape index (κ1) is 69.1. The Balaban J connectivity index is 2.03. The predicted molar refractivity (Wildman–Crippen MR) is 323 cm³/mol. The van der Waals surface area contributed by atoms with Gasteiger partial charge in [0.1, 0.15) is 0 Å². The number of carbonyl (C=O) groups excluding carboxylic acids is 7. The summed E-state index contributed by atoms with van der Waals surface area (Å²) in [5.74, 6) is -5.21. The molecule has 0 aromatic heterocycles. The summed E-state index contributed by atoms with van der Waals surface area (Å²) in [5, 5.41) is 3.86. The molecule has 1 fully saturated rings. The average molecular weight is 1180 g/mol. The normalized spacial score (nSPS) is 27.5. The van der Waals surface area contributed by atoms with Crippen molar-refractivity contribution in [2.24, 2.45) is 60.3 Å². The van der Waals surface area contributed by atoms with Gasteiger partial charge < -0.3 is 38.5 Å². The first-order valence-corrected chi connectivity index (χ1v) is 31.6. The lowest BCUT2D eigenvalue weighted by Crippen LogP contribution is -2.55. The number of nitrogens with zero attached hydrogens (tertiary/aromatic N) is 3. The zero-order valence-electron chi connectivity index (χ0n) is 53.7. The zero-order valence-corrected chi connectivity index (χ0v) is 53.7. The van der Waals surface area contributed by atoms with Gasteiger partial charge >= 0.3 is 41.8 Å². The van der Waals surface area contributed by atoms with Crippen LogP contribution in [0, 0.1) is 45.3 Å². The molecule has 18 heteroatoms. The third-order valence-corrected chi connectivity index (χ3v) is 18.5. The van der Waals surface area contributed by atoms with E-state index in [9.17, 15) is 33.6 Å². The van der Waals surface area contributed by atoms with Gasteiger partial charge in [-0.1, -0.05) is 83.1 Å². The number of nitrogens with one attached hydrogen (secondary N) is 1. The van der Waals surface area contributed by atoms with Gasteiger partial charge in [0.05, 0.1) is 77.1 Å². The number of fused-ring (bicyclic) bond motifs is 6. The maximum atomic E-state index is 14.7. The number of hydrogen-bond donors (Lipinski definition) is 1. The Morgan fingerprint density at radius 3 is 1.43 bits per heavy atom. The van der Waals surface area contributed by atoms with E-state index in [-0.39, 0.29) is 122 Å². The third-order valence-electron chi connectivity index (χ3n) is 18.5. The lowest BCUT2D eigenvalue weighted by Gasteiger charge is -2.48. The number of carbonyl (C=O) groups is 7. The van der Waals surface area contributed by atoms with Crippen LogP contribution in [0.5, 0.6) is 0 Å². The Labute approximate surface area is 501 Å². The van der Waals surface area contributed by atoms with Gasteiger partial charge in [0, 0.05) is 105 Å². The molecule has 18 nitrogen and oxygen atoms in total. The van der Waals surface area contributed by atoms with E-state index >= 15 is 0 Å². The van der Waals surface area contributed by atoms with Crippen LogP contribution in [0.15, 0.2) is 49.3 Å². The summed E-state index contributed by atoms with van der Waals surface area (Å²) < 4.78 is 40.6. The van der Waals surface area contributed by atoms with E-state index < -0.39 is 86.8 Å². The molecule has 0 amide bonds. The monoisotopic (exact) mass is 1170 g/mol. The molecule has 5 rings (SSSR count). The van der Waals surface area contributed by atoms with Gasteiger partial charge in [-0.2, -0.15) is 0 Å². The molecule has 0 saturated carbocycles. The van der Waals surface area contributed by atoms with E-state index in [1.165, 1.54) is 0 Å². The first-order chi connectivity index (χ1) is 39.8. The second-order valence-electron chi connectivity index (χ2n) is 25.3. The third kappa shape index (κ3) is 15.5. The van der Waals surface area contributed by atoms with Crippen molar-refractivity contribution >= 4 is 58.9 Å². The smallest absolute Gasteiger partial charge is 0.306 e. The molecule has 1 N–H and O–H groups in total. The molecule has 9 unspecified atom stereocenters. The van der Waals surface area contributed by atoms with Crippen molar-refractivity contribution < 1.29 is 66.7 Å². The van der Waals surface area contributed by atoms with Crippen molar-refractivity contribution in [1.29, 1.82) is 0 Å². The molecule has 84 heavy (non-hydrogen) atoms. The van der Waals surface area contributed by atoms with Crippen LogP contribution in [-0.4, -0.2) is 117 Å². The Hall–Kier alpha value is -5.68. The van der Waals surface area contributed by atoms with E-state index in [0.717, 1.165) is 0 Å². The molecule has 5 aliphatic rings. The predicted octanol–water partition coefficient (Wildman–Crippen LogP) is 12.0. The molecular weight excluding hydrogens is 1070 g/mol. The fourth-order valence-corrected chi connectivity index (χ4v) is 13.7. The minimum absolute atomic E-state index is 0.0119. The molecule has 0 spiro atoms. The Morgan fingerprint density at radius 2 is 0.940 bits per heavy atom. The second-order valence-corrected chi connectivity index (χ2v) is 25.3. The molecule has 1 saturated heterocycles. The molecule has 0 aromatic rings. The van der Waals surface area contributed by atoms with Crippen molar-refractivity contribution in [3.8, 4) is 0 Å². The lowest BCUT2D eigenvalue weighted by molar-refractivity contribution is -0.150. The minimum atomic E-state index is -1.39. The van der Waals surface area contributed by atoms with Crippen LogP contribution in [0.1, 0.15) is 219 Å². The van der Waals surface area contributed by atoms with Gasteiger partial charge in [-0.3, -0.25) is 48.5 Å². The average Bonchev–Trinajstić information content (AvgIpc) is 3.94. The van der Waals surface area contributed by atoms with Crippen LogP contribution in [0.3, 0.4) is 0 Å². The highest BCUT2D eigenvalue weighted by Crippen LogP contribution is 2.63. The lowest BCUT2D eigenvalue weighted by atomic mass is 9.55. The number of allylic oxidation sites excluding steroid dienone is 6. The maximum Gasteiger partial charge on any atom is 0.306 e. The maximum absolute atomic E-state index is 14.7. The van der Waals surface area contributed by atoms with Gasteiger partial charge in [-0.25, -0.2) is 0 Å². The van der Waals surface area contributed by atoms with Crippen LogP contribution in [0.2, 0.25) is 0 Å². The summed E-state index contributed by atoms with van der Waals surface area (Å²) in [6.45, 7) is 31.3. The van der Waals surface area contributed by atoms with Crippen molar-refractivity contribution in [2.75, 3.05) is 46.2 Å². The minimum Gasteiger partial charge on any atom is -0.466 e. The Bertz CT molecular complexity index is 2590. The highest BCUT2D eigenvalue weighted by atomic mass is 16.6. The van der Waals surface area contributed by atoms with E-state index in [1.807, 2.05) is 96.1 Å². The SMILES string of the molecule is CCCOC(=O)CCC1C2=C(C)C3=NC(C(CC(=O)OCCC)C3(C)CCC(=O)OCCC)C3(C)N=C(C(C)=C4NC(=CC(=N2)C1(C)C)C(CCC(=O)OCCC)C4(C)CC(=O)OCCC)C(CCC(=O)OCCC)C3(C)CC(=O)OCCC. The summed E-state index contributed by atoms with van der Waals surface area (Å²) in [6.07, 6.45) is 7.04. The van der Waals surface area contributed by atoms with Gasteiger partial charge in [-0.15, -0.1) is 0 Å². The van der Waals surface area contributed by atoms with Crippen molar-refractivity contribution in [3.63, 3.8) is 0 Å². The van der Waals surface area contributed by atoms with Crippen molar-refractivity contribution in [3.05, 3.63) is 34.3 Å². The highest BCUT2D eigenvalue weighted by Gasteiger charge is 2.67. The van der Waals surface area contributed by atoms with E-state index in [4.69, 9.17) is 48.1 Å². The summed E-state index contributed by atoms with van der Waals surface area (Å²) in [5.41, 5.74) is -0.291. The number of aliphatic imine (C=N–C) groups is 3. The van der Waals surface area contributed by atoms with Gasteiger partial charge in [0.2, 0.25) is 0 Å². The summed E-state index contributed by atoms with van der Waals surface area (Å²) in [4.78, 5) is 116. The fourth-order valence-electron chi connectivity index (χ4n) is 13.7. The van der Waals surface area contributed by atoms with Gasteiger partial charge in [0.15, 0.2) is 0 Å². The van der Waals surface area contributed by atoms with E-state index in [0.29, 0.717) is 96.7 Å². The van der Waals surface area contributed by atoms with Crippen molar-refractivity contribution in [2.45, 2.75) is 231 Å². The van der Waals surface area contributed by atoms with Crippen LogP contribution in [0.4, 0.5) is 0 Å². The largest absolute Gasteiger partial charge is 0.466 e. The van der Waals surface area contributed by atoms with E-state index in [1.54, 1.807) is 0 Å². The molecule has 470 valence electrons. The summed E-state index contributed by atoms with van der Waals surface area (Å²) >= 11 is 0. The Morgan fingerprint density at radius 1 is 0.512 bits per heavy atom. The van der Waals surface area contributed by atoms with Crippen LogP contribution >= 0.6 is 0 Å². The first-order valence-electron chi connectivity index (χ1n) is 31.6. The molecule has 0 radical (unpaired) electrons. The zero-order chi connectivity index (χ0) is 62.2. The molecule has 0 aromatic carbocycles. The highest BCUT2D eigenvalue weighted by molar-refractivity contribution is 6.10. The number of ether oxygens (including phenoxy) is 7. The van der Waals surface area contributed by atoms with Crippen molar-refractivity contribution in [1.82, 2.24) is 5.32 Å². The molecule has 8 bridgehead atoms. The topological polar surface area (TPSA) is 233 Å². The molecular formula is C66H102N4O14.